The van der Waals surface area contributed by atoms with Crippen LogP contribution in [0.25, 0.3) is 21.7 Å². The maximum absolute atomic E-state index is 5.73. The van der Waals surface area contributed by atoms with E-state index in [4.69, 9.17) is 11.6 Å². The van der Waals surface area contributed by atoms with Crippen LogP contribution in [0.3, 0.4) is 0 Å². The summed E-state index contributed by atoms with van der Waals surface area (Å²) >= 11 is 5.73. The van der Waals surface area contributed by atoms with E-state index in [1.807, 2.05) is 12.3 Å². The number of benzene rings is 2. The number of aromatic nitrogens is 1. The lowest BCUT2D eigenvalue weighted by Crippen LogP contribution is -1.88. The Balaban J connectivity index is 2.07. The molecule has 0 spiro atoms. The molecular weight excluding hydrogens is 254 g/mol. The first-order valence-corrected chi connectivity index (χ1v) is 7.24. The Morgan fingerprint density at radius 1 is 0.947 bits per heavy atom. The predicted octanol–water partition coefficient (Wildman–Crippen LogP) is 4.95. The van der Waals surface area contributed by atoms with E-state index < -0.39 is 0 Å². The van der Waals surface area contributed by atoms with E-state index in [2.05, 4.69) is 41.4 Å². The van der Waals surface area contributed by atoms with E-state index in [0.717, 1.165) is 30.7 Å². The molecule has 96 valence electrons. The fraction of sp³-hybridized carbons (Fsp3) is 0.235. The summed E-state index contributed by atoms with van der Waals surface area (Å²) in [7, 11) is 0. The molecule has 3 aromatic rings. The lowest BCUT2D eigenvalue weighted by molar-refractivity contribution is 0.800. The van der Waals surface area contributed by atoms with Crippen molar-refractivity contribution in [2.75, 3.05) is 5.88 Å². The number of pyridine rings is 1. The van der Waals surface area contributed by atoms with Crippen LogP contribution < -0.4 is 0 Å². The summed E-state index contributed by atoms with van der Waals surface area (Å²) in [5, 5.41) is 3.74. The summed E-state index contributed by atoms with van der Waals surface area (Å²) in [5.74, 6) is 0.750. The van der Waals surface area contributed by atoms with Gasteiger partial charge in [-0.2, -0.15) is 0 Å². The number of fused-ring (bicyclic) bond motifs is 3. The van der Waals surface area contributed by atoms with Crippen LogP contribution in [-0.4, -0.2) is 10.9 Å². The molecule has 0 radical (unpaired) electrons. The van der Waals surface area contributed by atoms with Crippen LogP contribution in [0.1, 0.15) is 18.4 Å². The van der Waals surface area contributed by atoms with Gasteiger partial charge in [-0.25, -0.2) is 0 Å². The molecule has 1 nitrogen and oxygen atoms in total. The molecule has 1 aromatic heterocycles. The minimum Gasteiger partial charge on any atom is -0.256 e. The molecule has 3 rings (SSSR count). The van der Waals surface area contributed by atoms with E-state index in [1.54, 1.807) is 0 Å². The van der Waals surface area contributed by atoms with Crippen molar-refractivity contribution in [2.24, 2.45) is 0 Å². The first-order valence-electron chi connectivity index (χ1n) is 6.71. The Morgan fingerprint density at radius 2 is 1.84 bits per heavy atom. The number of aryl methyl sites for hydroxylation is 1. The molecule has 0 amide bonds. The molecule has 0 unspecified atom stereocenters. The van der Waals surface area contributed by atoms with Gasteiger partial charge in [-0.3, -0.25) is 4.98 Å². The second-order valence-electron chi connectivity index (χ2n) is 4.84. The van der Waals surface area contributed by atoms with E-state index in [1.165, 1.54) is 21.7 Å². The second-order valence-corrected chi connectivity index (χ2v) is 5.22. The molecule has 0 atom stereocenters. The predicted molar refractivity (Wildman–Crippen MR) is 82.9 cm³/mol. The molecule has 0 bridgehead atoms. The van der Waals surface area contributed by atoms with E-state index in [-0.39, 0.29) is 0 Å². The monoisotopic (exact) mass is 269 g/mol. The van der Waals surface area contributed by atoms with Gasteiger partial charge >= 0.3 is 0 Å². The summed E-state index contributed by atoms with van der Waals surface area (Å²) in [6.45, 7) is 0. The fourth-order valence-corrected chi connectivity index (χ4v) is 2.67. The number of halogens is 1. The zero-order chi connectivity index (χ0) is 13.1. The maximum Gasteiger partial charge on any atom is 0.0708 e. The van der Waals surface area contributed by atoms with Crippen molar-refractivity contribution in [3.8, 4) is 0 Å². The van der Waals surface area contributed by atoms with E-state index in [0.29, 0.717) is 0 Å². The number of para-hydroxylation sites is 1. The Kier molecular flexibility index (Phi) is 3.65. The standard InChI is InChI=1S/C17H16ClN/c18-10-4-3-5-13-8-9-14-12-19-17-7-2-1-6-15(17)16(14)11-13/h1-2,6-9,11-12H,3-5,10H2. The summed E-state index contributed by atoms with van der Waals surface area (Å²) < 4.78 is 0. The molecule has 2 heteroatoms. The third-order valence-corrected chi connectivity index (χ3v) is 3.77. The largest absolute Gasteiger partial charge is 0.256 e. The quantitative estimate of drug-likeness (QED) is 0.371. The van der Waals surface area contributed by atoms with Crippen LogP contribution in [0.15, 0.2) is 48.7 Å². The Bertz CT molecular complexity index is 706. The van der Waals surface area contributed by atoms with Gasteiger partial charge in [0.05, 0.1) is 5.52 Å². The van der Waals surface area contributed by atoms with Crippen LogP contribution >= 0.6 is 11.6 Å². The van der Waals surface area contributed by atoms with Crippen molar-refractivity contribution in [1.82, 2.24) is 4.98 Å². The van der Waals surface area contributed by atoms with Crippen molar-refractivity contribution in [1.29, 1.82) is 0 Å². The van der Waals surface area contributed by atoms with E-state index in [9.17, 15) is 0 Å². The van der Waals surface area contributed by atoms with E-state index >= 15 is 0 Å². The van der Waals surface area contributed by atoms with Crippen LogP contribution in [0, 0.1) is 0 Å². The highest BCUT2D eigenvalue weighted by atomic mass is 35.5. The van der Waals surface area contributed by atoms with Crippen LogP contribution in [-0.2, 0) is 6.42 Å². The molecular formula is C17H16ClN. The topological polar surface area (TPSA) is 12.9 Å². The fourth-order valence-electron chi connectivity index (χ4n) is 2.48. The molecule has 0 saturated carbocycles. The highest BCUT2D eigenvalue weighted by Crippen LogP contribution is 2.24. The van der Waals surface area contributed by atoms with Gasteiger partial charge in [-0.05, 0) is 36.3 Å². The van der Waals surface area contributed by atoms with Gasteiger partial charge in [0.25, 0.3) is 0 Å². The molecule has 1 heterocycles. The average Bonchev–Trinajstić information content (AvgIpc) is 2.47. The number of hydrogen-bond donors (Lipinski definition) is 0. The summed E-state index contributed by atoms with van der Waals surface area (Å²) in [6.07, 6.45) is 5.29. The van der Waals surface area contributed by atoms with Gasteiger partial charge in [-0.1, -0.05) is 36.4 Å². The lowest BCUT2D eigenvalue weighted by Gasteiger charge is -2.06. The third-order valence-electron chi connectivity index (χ3n) is 3.50. The maximum atomic E-state index is 5.73. The highest BCUT2D eigenvalue weighted by Gasteiger charge is 2.02. The van der Waals surface area contributed by atoms with Gasteiger partial charge in [0.2, 0.25) is 0 Å². The zero-order valence-corrected chi connectivity index (χ0v) is 11.5. The lowest BCUT2D eigenvalue weighted by atomic mass is 10.0. The number of alkyl halides is 1. The molecule has 2 aromatic carbocycles. The second kappa shape index (κ2) is 5.58. The Hall–Kier alpha value is -1.60. The molecule has 0 aliphatic heterocycles. The van der Waals surface area contributed by atoms with Crippen LogP contribution in [0.5, 0.6) is 0 Å². The first-order chi connectivity index (χ1) is 9.38. The molecule has 19 heavy (non-hydrogen) atoms. The first kappa shape index (κ1) is 12.4. The van der Waals surface area contributed by atoms with Gasteiger partial charge in [0.15, 0.2) is 0 Å². The van der Waals surface area contributed by atoms with Crippen molar-refractivity contribution >= 4 is 33.3 Å². The van der Waals surface area contributed by atoms with Crippen LogP contribution in [0.4, 0.5) is 0 Å². The number of hydrogen-bond acceptors (Lipinski definition) is 1. The molecule has 0 aliphatic rings. The van der Waals surface area contributed by atoms with Gasteiger partial charge in [0.1, 0.15) is 0 Å². The summed E-state index contributed by atoms with van der Waals surface area (Å²) in [6, 6.07) is 15.0. The zero-order valence-electron chi connectivity index (χ0n) is 10.8. The third kappa shape index (κ3) is 2.57. The van der Waals surface area contributed by atoms with Gasteiger partial charge in [0, 0.05) is 22.8 Å². The molecule has 0 fully saturated rings. The smallest absolute Gasteiger partial charge is 0.0708 e. The van der Waals surface area contributed by atoms with Crippen molar-refractivity contribution in [3.63, 3.8) is 0 Å². The van der Waals surface area contributed by atoms with Crippen molar-refractivity contribution in [3.05, 3.63) is 54.2 Å². The van der Waals surface area contributed by atoms with Gasteiger partial charge < -0.3 is 0 Å². The highest BCUT2D eigenvalue weighted by molar-refractivity contribution is 6.17. The van der Waals surface area contributed by atoms with Crippen molar-refractivity contribution in [2.45, 2.75) is 19.3 Å². The average molecular weight is 270 g/mol. The Morgan fingerprint density at radius 3 is 2.74 bits per heavy atom. The normalized spacial score (nSPS) is 11.2. The summed E-state index contributed by atoms with van der Waals surface area (Å²) in [5.41, 5.74) is 2.45. The number of nitrogens with zero attached hydrogens (tertiary/aromatic N) is 1. The van der Waals surface area contributed by atoms with Gasteiger partial charge in [-0.15, -0.1) is 11.6 Å². The number of rotatable bonds is 4. The molecule has 0 aliphatic carbocycles. The van der Waals surface area contributed by atoms with Crippen LogP contribution in [0.2, 0.25) is 0 Å². The molecule has 0 N–H and O–H groups in total. The number of unbranched alkanes of at least 4 members (excludes halogenated alkanes) is 1. The van der Waals surface area contributed by atoms with Crippen molar-refractivity contribution < 1.29 is 0 Å². The minimum absolute atomic E-state index is 0.750. The Labute approximate surface area is 118 Å². The SMILES string of the molecule is ClCCCCc1ccc2cnc3ccccc3c2c1. The molecule has 0 saturated heterocycles. The summed E-state index contributed by atoms with van der Waals surface area (Å²) in [4.78, 5) is 4.50. The minimum atomic E-state index is 0.750.